The van der Waals surface area contributed by atoms with E-state index in [4.69, 9.17) is 9.47 Å². The summed E-state index contributed by atoms with van der Waals surface area (Å²) in [6.07, 6.45) is 2.77. The number of rotatable bonds is 9. The Morgan fingerprint density at radius 3 is 3.00 bits per heavy atom. The fourth-order valence-corrected chi connectivity index (χ4v) is 1.95. The van der Waals surface area contributed by atoms with Crippen molar-refractivity contribution in [3.05, 3.63) is 0 Å². The number of nitrogens with one attached hydrogen (secondary N) is 1. The fourth-order valence-electron chi connectivity index (χ4n) is 1.95. The zero-order chi connectivity index (χ0) is 12.3. The summed E-state index contributed by atoms with van der Waals surface area (Å²) in [6.45, 7) is 12.2. The van der Waals surface area contributed by atoms with E-state index in [-0.39, 0.29) is 0 Å². The molecule has 1 unspecified atom stereocenters. The highest BCUT2D eigenvalue weighted by Gasteiger charge is 2.15. The molecule has 1 atom stereocenters. The van der Waals surface area contributed by atoms with Gasteiger partial charge in [-0.2, -0.15) is 0 Å². The summed E-state index contributed by atoms with van der Waals surface area (Å²) in [5, 5.41) is 3.42. The van der Waals surface area contributed by atoms with Gasteiger partial charge in [-0.15, -0.1) is 0 Å². The Balaban J connectivity index is 1.83. The van der Waals surface area contributed by atoms with Gasteiger partial charge in [-0.1, -0.05) is 13.3 Å². The molecule has 1 aliphatic heterocycles. The lowest BCUT2D eigenvalue weighted by atomic mass is 10.3. The van der Waals surface area contributed by atoms with Gasteiger partial charge in [-0.3, -0.25) is 4.90 Å². The largest absolute Gasteiger partial charge is 0.380 e. The van der Waals surface area contributed by atoms with Gasteiger partial charge in [0.2, 0.25) is 0 Å². The van der Waals surface area contributed by atoms with Crippen LogP contribution in [0.1, 0.15) is 26.7 Å². The van der Waals surface area contributed by atoms with E-state index in [1.807, 2.05) is 0 Å². The van der Waals surface area contributed by atoms with Gasteiger partial charge in [0.1, 0.15) is 0 Å². The predicted octanol–water partition coefficient (Wildman–Crippen LogP) is 1.11. The smallest absolute Gasteiger partial charge is 0.0674 e. The van der Waals surface area contributed by atoms with Crippen LogP contribution in [0.15, 0.2) is 0 Å². The van der Waals surface area contributed by atoms with Crippen LogP contribution in [0.4, 0.5) is 0 Å². The van der Waals surface area contributed by atoms with Crippen molar-refractivity contribution in [1.82, 2.24) is 10.2 Å². The third-order valence-corrected chi connectivity index (χ3v) is 3.00. The molecule has 0 aromatic rings. The summed E-state index contributed by atoms with van der Waals surface area (Å²) < 4.78 is 11.0. The highest BCUT2D eigenvalue weighted by molar-refractivity contribution is 4.68. The predicted molar refractivity (Wildman–Crippen MR) is 70.5 cm³/mol. The van der Waals surface area contributed by atoms with Crippen LogP contribution in [0, 0.1) is 0 Å². The normalized spacial score (nSPS) is 21.9. The molecule has 1 N–H and O–H groups in total. The van der Waals surface area contributed by atoms with Crippen molar-refractivity contribution in [1.29, 1.82) is 0 Å². The molecule has 0 aromatic carbocycles. The second-order valence-corrected chi connectivity index (χ2v) is 4.70. The van der Waals surface area contributed by atoms with Crippen molar-refractivity contribution in [3.8, 4) is 0 Å². The summed E-state index contributed by atoms with van der Waals surface area (Å²) in [5.41, 5.74) is 0. The lowest BCUT2D eigenvalue weighted by Crippen LogP contribution is -2.44. The highest BCUT2D eigenvalue weighted by atomic mass is 16.5. The zero-order valence-electron chi connectivity index (χ0n) is 11.4. The van der Waals surface area contributed by atoms with Crippen molar-refractivity contribution < 1.29 is 9.47 Å². The first kappa shape index (κ1) is 14.9. The molecule has 0 aliphatic carbocycles. The third-order valence-electron chi connectivity index (χ3n) is 3.00. The van der Waals surface area contributed by atoms with E-state index in [0.717, 1.165) is 52.5 Å². The van der Waals surface area contributed by atoms with Gasteiger partial charge >= 0.3 is 0 Å². The number of nitrogens with zero attached hydrogens (tertiary/aromatic N) is 1. The average molecular weight is 244 g/mol. The molecule has 1 heterocycles. The first-order valence-electron chi connectivity index (χ1n) is 6.95. The molecular weight excluding hydrogens is 216 g/mol. The van der Waals surface area contributed by atoms with E-state index in [9.17, 15) is 0 Å². The first-order chi connectivity index (χ1) is 8.33. The maximum atomic E-state index is 5.51. The monoisotopic (exact) mass is 244 g/mol. The number of morpholine rings is 1. The van der Waals surface area contributed by atoms with E-state index < -0.39 is 0 Å². The summed E-state index contributed by atoms with van der Waals surface area (Å²) >= 11 is 0. The molecule has 1 rings (SSSR count). The average Bonchev–Trinajstić information content (AvgIpc) is 2.33. The molecule has 4 heteroatoms. The second kappa shape index (κ2) is 9.83. The molecule has 0 saturated carbocycles. The third kappa shape index (κ3) is 7.71. The molecular formula is C13H28N2O2. The zero-order valence-corrected chi connectivity index (χ0v) is 11.4. The van der Waals surface area contributed by atoms with Crippen molar-refractivity contribution in [2.24, 2.45) is 0 Å². The van der Waals surface area contributed by atoms with Gasteiger partial charge in [0.15, 0.2) is 0 Å². The van der Waals surface area contributed by atoms with Crippen molar-refractivity contribution >= 4 is 0 Å². The van der Waals surface area contributed by atoms with Crippen LogP contribution in [0.3, 0.4) is 0 Å². The molecule has 0 aromatic heterocycles. The molecule has 1 aliphatic rings. The molecule has 1 saturated heterocycles. The summed E-state index contributed by atoms with van der Waals surface area (Å²) in [7, 11) is 0. The quantitative estimate of drug-likeness (QED) is 0.616. The summed E-state index contributed by atoms with van der Waals surface area (Å²) in [5.74, 6) is 0. The highest BCUT2D eigenvalue weighted by Crippen LogP contribution is 2.02. The van der Waals surface area contributed by atoms with E-state index in [0.29, 0.717) is 6.10 Å². The van der Waals surface area contributed by atoms with Crippen LogP contribution >= 0.6 is 0 Å². The summed E-state index contributed by atoms with van der Waals surface area (Å²) in [6, 6.07) is 0. The molecule has 0 bridgehead atoms. The van der Waals surface area contributed by atoms with Crippen LogP contribution in [0.5, 0.6) is 0 Å². The van der Waals surface area contributed by atoms with Gasteiger partial charge in [-0.05, 0) is 13.3 Å². The minimum Gasteiger partial charge on any atom is -0.380 e. The molecule has 17 heavy (non-hydrogen) atoms. The Bertz CT molecular complexity index is 179. The maximum absolute atomic E-state index is 5.51. The first-order valence-corrected chi connectivity index (χ1v) is 6.95. The van der Waals surface area contributed by atoms with E-state index >= 15 is 0 Å². The SMILES string of the molecule is CCCCOCCNCCN1CCOC(C)C1. The minimum absolute atomic E-state index is 0.390. The van der Waals surface area contributed by atoms with Gasteiger partial charge < -0.3 is 14.8 Å². The Labute approximate surface area is 106 Å². The lowest BCUT2D eigenvalue weighted by Gasteiger charge is -2.31. The second-order valence-electron chi connectivity index (χ2n) is 4.70. The van der Waals surface area contributed by atoms with Gasteiger partial charge in [0.25, 0.3) is 0 Å². The van der Waals surface area contributed by atoms with Gasteiger partial charge in [-0.25, -0.2) is 0 Å². The molecule has 4 nitrogen and oxygen atoms in total. The van der Waals surface area contributed by atoms with Crippen molar-refractivity contribution in [3.63, 3.8) is 0 Å². The molecule has 1 fully saturated rings. The van der Waals surface area contributed by atoms with Crippen LogP contribution in [-0.4, -0.2) is 63.5 Å². The van der Waals surface area contributed by atoms with E-state index in [2.05, 4.69) is 24.1 Å². The molecule has 0 radical (unpaired) electrons. The van der Waals surface area contributed by atoms with Crippen LogP contribution in [0.25, 0.3) is 0 Å². The summed E-state index contributed by atoms with van der Waals surface area (Å²) in [4.78, 5) is 2.46. The van der Waals surface area contributed by atoms with Crippen molar-refractivity contribution in [2.45, 2.75) is 32.8 Å². The van der Waals surface area contributed by atoms with Gasteiger partial charge in [0.05, 0.1) is 19.3 Å². The number of hydrogen-bond acceptors (Lipinski definition) is 4. The Morgan fingerprint density at radius 2 is 2.24 bits per heavy atom. The van der Waals surface area contributed by atoms with Crippen LogP contribution < -0.4 is 5.32 Å². The number of ether oxygens (including phenoxy) is 2. The maximum Gasteiger partial charge on any atom is 0.0674 e. The Morgan fingerprint density at radius 1 is 1.35 bits per heavy atom. The van der Waals surface area contributed by atoms with E-state index in [1.165, 1.54) is 12.8 Å². The Kier molecular flexibility index (Phi) is 8.61. The molecule has 102 valence electrons. The standard InChI is InChI=1S/C13H28N2O2/c1-3-4-9-16-10-6-14-5-7-15-8-11-17-13(2)12-15/h13-14H,3-12H2,1-2H3. The molecule has 0 spiro atoms. The van der Waals surface area contributed by atoms with Crippen LogP contribution in [0.2, 0.25) is 0 Å². The lowest BCUT2D eigenvalue weighted by molar-refractivity contribution is -0.0177. The topological polar surface area (TPSA) is 33.7 Å². The van der Waals surface area contributed by atoms with Crippen LogP contribution in [-0.2, 0) is 9.47 Å². The Hall–Kier alpha value is -0.160. The fraction of sp³-hybridized carbons (Fsp3) is 1.00. The van der Waals surface area contributed by atoms with Crippen molar-refractivity contribution in [2.75, 3.05) is 52.5 Å². The van der Waals surface area contributed by atoms with Gasteiger partial charge in [0, 0.05) is 39.3 Å². The number of hydrogen-bond donors (Lipinski definition) is 1. The van der Waals surface area contributed by atoms with E-state index in [1.54, 1.807) is 0 Å². The number of unbranched alkanes of at least 4 members (excludes halogenated alkanes) is 1. The molecule has 0 amide bonds. The minimum atomic E-state index is 0.390.